The molecule has 6 nitrogen and oxygen atoms in total. The monoisotopic (exact) mass is 478 g/mol. The summed E-state index contributed by atoms with van der Waals surface area (Å²) in [5, 5.41) is 3.04. The lowest BCUT2D eigenvalue weighted by atomic mass is 10.1. The summed E-state index contributed by atoms with van der Waals surface area (Å²) in [6.45, 7) is 6.19. The summed E-state index contributed by atoms with van der Waals surface area (Å²) < 4.78 is 12.2. The number of carbonyl (C=O) groups is 2. The van der Waals surface area contributed by atoms with Crippen molar-refractivity contribution in [2.75, 3.05) is 11.5 Å². The van der Waals surface area contributed by atoms with E-state index in [1.165, 1.54) is 0 Å². The molecule has 0 spiro atoms. The molecule has 1 heterocycles. The number of imide groups is 1. The van der Waals surface area contributed by atoms with Crippen molar-refractivity contribution in [2.45, 2.75) is 26.9 Å². The topological polar surface area (TPSA) is 67.9 Å². The van der Waals surface area contributed by atoms with E-state index in [0.29, 0.717) is 38.9 Å². The van der Waals surface area contributed by atoms with Gasteiger partial charge in [0.2, 0.25) is 0 Å². The minimum Gasteiger partial charge on any atom is -0.490 e. The zero-order valence-corrected chi connectivity index (χ0v) is 18.5. The maximum Gasteiger partial charge on any atom is 0.333 e. The predicted molar refractivity (Wildman–Crippen MR) is 117 cm³/mol. The Morgan fingerprint density at radius 1 is 1.24 bits per heavy atom. The largest absolute Gasteiger partial charge is 0.490 e. The van der Waals surface area contributed by atoms with E-state index in [2.05, 4.69) is 21.2 Å². The summed E-state index contributed by atoms with van der Waals surface area (Å²) in [7, 11) is 0. The molecule has 1 aliphatic rings. The molecule has 3 rings (SSSR count). The summed E-state index contributed by atoms with van der Waals surface area (Å²) in [4.78, 5) is 26.2. The summed E-state index contributed by atoms with van der Waals surface area (Å²) in [5.74, 6) is 0.672. The molecule has 1 aliphatic heterocycles. The van der Waals surface area contributed by atoms with Crippen LogP contribution in [-0.2, 0) is 4.79 Å². The quantitative estimate of drug-likeness (QED) is 0.446. The third-order valence-electron chi connectivity index (χ3n) is 3.94. The Morgan fingerprint density at radius 2 is 2.00 bits per heavy atom. The molecule has 0 radical (unpaired) electrons. The summed E-state index contributed by atoms with van der Waals surface area (Å²) >= 11 is 9.48. The van der Waals surface area contributed by atoms with E-state index in [1.54, 1.807) is 42.5 Å². The summed E-state index contributed by atoms with van der Waals surface area (Å²) in [6.07, 6.45) is 1.56. The van der Waals surface area contributed by atoms with Crippen molar-refractivity contribution < 1.29 is 19.1 Å². The van der Waals surface area contributed by atoms with Crippen LogP contribution in [0.25, 0.3) is 6.08 Å². The number of ether oxygens (including phenoxy) is 2. The molecule has 2 aromatic rings. The van der Waals surface area contributed by atoms with Gasteiger partial charge in [-0.25, -0.2) is 9.69 Å². The van der Waals surface area contributed by atoms with E-state index < -0.39 is 11.9 Å². The van der Waals surface area contributed by atoms with Gasteiger partial charge in [0.1, 0.15) is 5.70 Å². The number of hydrogen-bond donors (Lipinski definition) is 1. The van der Waals surface area contributed by atoms with Crippen LogP contribution in [-0.4, -0.2) is 24.6 Å². The van der Waals surface area contributed by atoms with E-state index >= 15 is 0 Å². The fraction of sp³-hybridized carbons (Fsp3) is 0.238. The van der Waals surface area contributed by atoms with Crippen molar-refractivity contribution in [3.05, 3.63) is 57.2 Å². The molecule has 0 bridgehead atoms. The zero-order chi connectivity index (χ0) is 21.1. The van der Waals surface area contributed by atoms with Crippen LogP contribution in [0.4, 0.5) is 10.5 Å². The molecule has 0 aromatic heterocycles. The Hall–Kier alpha value is -2.51. The number of benzene rings is 2. The van der Waals surface area contributed by atoms with Gasteiger partial charge in [0, 0.05) is 5.02 Å². The van der Waals surface area contributed by atoms with Crippen LogP contribution in [0.1, 0.15) is 26.3 Å². The fourth-order valence-corrected chi connectivity index (χ4v) is 3.57. The number of hydrogen-bond acceptors (Lipinski definition) is 4. The van der Waals surface area contributed by atoms with Gasteiger partial charge in [-0.3, -0.25) is 4.79 Å². The van der Waals surface area contributed by atoms with Crippen molar-refractivity contribution in [2.24, 2.45) is 0 Å². The third-order valence-corrected chi connectivity index (χ3v) is 4.76. The summed E-state index contributed by atoms with van der Waals surface area (Å²) in [6, 6.07) is 9.59. The lowest BCUT2D eigenvalue weighted by Crippen LogP contribution is -2.30. The van der Waals surface area contributed by atoms with Crippen LogP contribution in [0.3, 0.4) is 0 Å². The van der Waals surface area contributed by atoms with E-state index in [0.717, 1.165) is 4.90 Å². The highest BCUT2D eigenvalue weighted by atomic mass is 79.9. The zero-order valence-electron chi connectivity index (χ0n) is 16.2. The molecule has 152 valence electrons. The lowest BCUT2D eigenvalue weighted by Gasteiger charge is -2.17. The van der Waals surface area contributed by atoms with Gasteiger partial charge in [-0.2, -0.15) is 0 Å². The van der Waals surface area contributed by atoms with Crippen LogP contribution >= 0.6 is 27.5 Å². The first-order valence-electron chi connectivity index (χ1n) is 9.05. The Labute approximate surface area is 182 Å². The normalized spacial score (nSPS) is 15.2. The first kappa shape index (κ1) is 21.2. The minimum absolute atomic E-state index is 0.0309. The number of rotatable bonds is 6. The van der Waals surface area contributed by atoms with Gasteiger partial charge >= 0.3 is 6.03 Å². The number of halogens is 2. The number of nitrogens with one attached hydrogen (secondary N) is 1. The van der Waals surface area contributed by atoms with E-state index in [4.69, 9.17) is 21.1 Å². The fourth-order valence-electron chi connectivity index (χ4n) is 2.84. The Morgan fingerprint density at radius 3 is 2.66 bits per heavy atom. The molecule has 2 aromatic carbocycles. The molecule has 1 saturated heterocycles. The van der Waals surface area contributed by atoms with E-state index in [9.17, 15) is 9.59 Å². The second kappa shape index (κ2) is 8.88. The van der Waals surface area contributed by atoms with Crippen molar-refractivity contribution in [1.29, 1.82) is 0 Å². The van der Waals surface area contributed by atoms with E-state index in [-0.39, 0.29) is 11.8 Å². The molecule has 1 fully saturated rings. The first-order chi connectivity index (χ1) is 13.8. The molecule has 0 saturated carbocycles. The van der Waals surface area contributed by atoms with Gasteiger partial charge in [-0.1, -0.05) is 17.7 Å². The average Bonchev–Trinajstić information content (AvgIpc) is 2.91. The highest BCUT2D eigenvalue weighted by Crippen LogP contribution is 2.38. The SMILES string of the molecule is CCOc1cc(/C=C2/NC(=O)N(c3cccc(Cl)c3)C2=O)cc(Br)c1OC(C)C. The van der Waals surface area contributed by atoms with Crippen LogP contribution in [0.15, 0.2) is 46.6 Å². The molecule has 0 aliphatic carbocycles. The van der Waals surface area contributed by atoms with Crippen LogP contribution in [0.2, 0.25) is 5.02 Å². The summed E-state index contributed by atoms with van der Waals surface area (Å²) in [5.41, 5.74) is 1.23. The number of carbonyl (C=O) groups excluding carboxylic acids is 2. The number of amides is 3. The van der Waals surface area contributed by atoms with Crippen LogP contribution in [0, 0.1) is 0 Å². The van der Waals surface area contributed by atoms with Gasteiger partial charge in [0.05, 0.1) is 22.9 Å². The second-order valence-corrected chi connectivity index (χ2v) is 7.83. The Bertz CT molecular complexity index is 991. The molecular weight excluding hydrogens is 460 g/mol. The van der Waals surface area contributed by atoms with Crippen LogP contribution < -0.4 is 19.7 Å². The maximum absolute atomic E-state index is 12.8. The van der Waals surface area contributed by atoms with Crippen molar-refractivity contribution in [1.82, 2.24) is 5.32 Å². The minimum atomic E-state index is -0.535. The van der Waals surface area contributed by atoms with E-state index in [1.807, 2.05) is 20.8 Å². The number of anilines is 1. The maximum atomic E-state index is 12.8. The molecule has 29 heavy (non-hydrogen) atoms. The molecular formula is C21H20BrClN2O4. The Balaban J connectivity index is 1.95. The van der Waals surface area contributed by atoms with Crippen LogP contribution in [0.5, 0.6) is 11.5 Å². The van der Waals surface area contributed by atoms with Crippen molar-refractivity contribution in [3.63, 3.8) is 0 Å². The molecule has 1 N–H and O–H groups in total. The highest BCUT2D eigenvalue weighted by molar-refractivity contribution is 9.10. The van der Waals surface area contributed by atoms with Gasteiger partial charge in [-0.05, 0) is 78.7 Å². The van der Waals surface area contributed by atoms with Gasteiger partial charge in [-0.15, -0.1) is 0 Å². The van der Waals surface area contributed by atoms with Gasteiger partial charge in [0.25, 0.3) is 5.91 Å². The molecule has 0 atom stereocenters. The Kier molecular flexibility index (Phi) is 6.49. The highest BCUT2D eigenvalue weighted by Gasteiger charge is 2.35. The van der Waals surface area contributed by atoms with Crippen molar-refractivity contribution >= 4 is 51.2 Å². The number of urea groups is 1. The molecule has 8 heteroatoms. The standard InChI is InChI=1S/C21H20BrClN2O4/c1-4-28-18-10-13(8-16(22)19(18)29-12(2)3)9-17-20(26)25(21(27)24-17)15-7-5-6-14(23)11-15/h5-12H,4H2,1-3H3,(H,24,27)/b17-9+. The van der Waals surface area contributed by atoms with Gasteiger partial charge < -0.3 is 14.8 Å². The molecule has 3 amide bonds. The third kappa shape index (κ3) is 4.74. The van der Waals surface area contributed by atoms with Crippen molar-refractivity contribution in [3.8, 4) is 11.5 Å². The lowest BCUT2D eigenvalue weighted by molar-refractivity contribution is -0.113. The second-order valence-electron chi connectivity index (χ2n) is 6.54. The molecule has 0 unspecified atom stereocenters. The number of nitrogens with zero attached hydrogens (tertiary/aromatic N) is 1. The predicted octanol–water partition coefficient (Wildman–Crippen LogP) is 5.39. The first-order valence-corrected chi connectivity index (χ1v) is 10.2. The average molecular weight is 480 g/mol. The smallest absolute Gasteiger partial charge is 0.333 e. The van der Waals surface area contributed by atoms with Gasteiger partial charge in [0.15, 0.2) is 11.5 Å².